The van der Waals surface area contributed by atoms with Crippen molar-refractivity contribution in [3.05, 3.63) is 52.6 Å². The molecule has 2 atom stereocenters. The van der Waals surface area contributed by atoms with E-state index in [4.69, 9.17) is 11.5 Å². The molecule has 0 bridgehead atoms. The highest BCUT2D eigenvalue weighted by Crippen LogP contribution is 2.20. The van der Waals surface area contributed by atoms with Crippen molar-refractivity contribution in [1.82, 2.24) is 24.3 Å². The van der Waals surface area contributed by atoms with Gasteiger partial charge in [-0.25, -0.2) is 9.59 Å². The molecule has 2 fully saturated rings. The molecule has 1 aromatic carbocycles. The quantitative estimate of drug-likeness (QED) is 0.505. The maximum Gasteiger partial charge on any atom is 0.354 e. The molecule has 214 valence electrons. The van der Waals surface area contributed by atoms with E-state index in [0.29, 0.717) is 24.8 Å². The molecule has 1 aromatic heterocycles. The lowest BCUT2D eigenvalue weighted by Crippen LogP contribution is -2.64. The number of anilines is 1. The van der Waals surface area contributed by atoms with E-state index in [-0.39, 0.29) is 42.2 Å². The van der Waals surface area contributed by atoms with Gasteiger partial charge in [-0.1, -0.05) is 12.1 Å². The van der Waals surface area contributed by atoms with Crippen LogP contribution in [0.4, 0.5) is 10.6 Å². The molecule has 2 aliphatic rings. The van der Waals surface area contributed by atoms with E-state index in [0.717, 1.165) is 32.5 Å². The molecule has 2 aliphatic heterocycles. The first-order valence-corrected chi connectivity index (χ1v) is 13.3. The van der Waals surface area contributed by atoms with Crippen LogP contribution in [0.2, 0.25) is 0 Å². The third kappa shape index (κ3) is 7.36. The highest BCUT2D eigenvalue weighted by molar-refractivity contribution is 5.89. The van der Waals surface area contributed by atoms with Gasteiger partial charge in [0.05, 0.1) is 11.2 Å². The van der Waals surface area contributed by atoms with Gasteiger partial charge in [-0.15, -0.1) is 12.4 Å². The van der Waals surface area contributed by atoms with Crippen molar-refractivity contribution < 1.29 is 9.59 Å². The van der Waals surface area contributed by atoms with Crippen molar-refractivity contribution in [2.45, 2.75) is 70.7 Å². The number of hydrogen-bond donors (Lipinski definition) is 3. The lowest BCUT2D eigenvalue weighted by molar-refractivity contribution is -0.141. The molecule has 0 aliphatic carbocycles. The van der Waals surface area contributed by atoms with E-state index in [1.165, 1.54) is 10.1 Å². The third-order valence-corrected chi connectivity index (χ3v) is 7.35. The van der Waals surface area contributed by atoms with Crippen molar-refractivity contribution in [1.29, 1.82) is 0 Å². The zero-order chi connectivity index (χ0) is 27.6. The van der Waals surface area contributed by atoms with Crippen LogP contribution < -0.4 is 22.5 Å². The summed E-state index contributed by atoms with van der Waals surface area (Å²) in [5.41, 5.74) is 12.4. The van der Waals surface area contributed by atoms with Crippen molar-refractivity contribution >= 4 is 30.2 Å². The summed E-state index contributed by atoms with van der Waals surface area (Å²) in [7, 11) is 0. The summed E-state index contributed by atoms with van der Waals surface area (Å²) in [4.78, 5) is 48.3. The Balaban J connectivity index is 0.00000420. The van der Waals surface area contributed by atoms with E-state index >= 15 is 0 Å². The molecular weight excluding hydrogens is 520 g/mol. The summed E-state index contributed by atoms with van der Waals surface area (Å²) in [6.07, 6.45) is 3.64. The molecule has 39 heavy (non-hydrogen) atoms. The number of amides is 3. The standard InChI is InChI=1S/C27H40N8O3.ClH/c1-18-16-35(19(2)15-34(18)24(36)27(3,4)29)26(38)31-23-11-14-33(25(37)30-23)22-7-5-20(6-8-22)17-32-12-9-21(28)10-13-32;/h5-8,11,14,18-19,21H,9-10,12-13,15-17,28-29H2,1-4H3,(H,30,31,37,38);1H/t18-,19+;/m1./s1. The summed E-state index contributed by atoms with van der Waals surface area (Å²) < 4.78 is 1.45. The number of urea groups is 1. The molecule has 4 rings (SSSR count). The topological polar surface area (TPSA) is 143 Å². The first kappa shape index (κ1) is 30.6. The van der Waals surface area contributed by atoms with Gasteiger partial charge < -0.3 is 21.3 Å². The summed E-state index contributed by atoms with van der Waals surface area (Å²) in [6, 6.07) is 8.97. The molecule has 12 heteroatoms. The Kier molecular flexibility index (Phi) is 9.76. The minimum atomic E-state index is -0.978. The van der Waals surface area contributed by atoms with Gasteiger partial charge in [-0.3, -0.25) is 19.6 Å². The summed E-state index contributed by atoms with van der Waals surface area (Å²) in [6.45, 7) is 10.7. The van der Waals surface area contributed by atoms with Gasteiger partial charge in [0.1, 0.15) is 5.82 Å². The maximum absolute atomic E-state index is 13.0. The second-order valence-electron chi connectivity index (χ2n) is 11.2. The van der Waals surface area contributed by atoms with E-state index in [1.807, 2.05) is 38.1 Å². The number of piperidine rings is 1. The maximum atomic E-state index is 13.0. The van der Waals surface area contributed by atoms with Crippen LogP contribution in [0.5, 0.6) is 0 Å². The number of nitrogens with zero attached hydrogens (tertiary/aromatic N) is 5. The van der Waals surface area contributed by atoms with Crippen LogP contribution in [-0.4, -0.2) is 86.0 Å². The number of carbonyl (C=O) groups excluding carboxylic acids is 2. The molecule has 3 amide bonds. The normalized spacial score (nSPS) is 20.9. The van der Waals surface area contributed by atoms with Gasteiger partial charge in [0, 0.05) is 44.0 Å². The van der Waals surface area contributed by atoms with Crippen molar-refractivity contribution in [3.8, 4) is 5.69 Å². The number of halogens is 1. The fraction of sp³-hybridized carbons (Fsp3) is 0.556. The number of rotatable bonds is 5. The predicted molar refractivity (Wildman–Crippen MR) is 154 cm³/mol. The van der Waals surface area contributed by atoms with Gasteiger partial charge >= 0.3 is 11.7 Å². The van der Waals surface area contributed by atoms with Crippen LogP contribution in [0.1, 0.15) is 46.1 Å². The molecule has 11 nitrogen and oxygen atoms in total. The van der Waals surface area contributed by atoms with E-state index in [9.17, 15) is 14.4 Å². The molecule has 2 aromatic rings. The number of nitrogens with two attached hydrogens (primary N) is 2. The first-order valence-electron chi connectivity index (χ1n) is 13.3. The second-order valence-corrected chi connectivity index (χ2v) is 11.2. The first-order chi connectivity index (χ1) is 17.9. The lowest BCUT2D eigenvalue weighted by Gasteiger charge is -2.45. The number of likely N-dealkylation sites (tertiary alicyclic amines) is 1. The Morgan fingerprint density at radius 2 is 1.62 bits per heavy atom. The predicted octanol–water partition coefficient (Wildman–Crippen LogP) is 1.77. The number of aromatic nitrogens is 2. The Morgan fingerprint density at radius 3 is 2.21 bits per heavy atom. The van der Waals surface area contributed by atoms with E-state index < -0.39 is 11.2 Å². The van der Waals surface area contributed by atoms with Crippen LogP contribution >= 0.6 is 12.4 Å². The highest BCUT2D eigenvalue weighted by Gasteiger charge is 2.38. The number of piperazine rings is 1. The Hall–Kier alpha value is -2.99. The zero-order valence-corrected chi connectivity index (χ0v) is 24.0. The van der Waals surface area contributed by atoms with Crippen molar-refractivity contribution in [2.24, 2.45) is 11.5 Å². The fourth-order valence-electron chi connectivity index (χ4n) is 5.04. The van der Waals surface area contributed by atoms with Gasteiger partial charge in [0.15, 0.2) is 0 Å². The van der Waals surface area contributed by atoms with Gasteiger partial charge in [-0.2, -0.15) is 4.98 Å². The van der Waals surface area contributed by atoms with Gasteiger partial charge in [-0.05, 0) is 77.4 Å². The minimum absolute atomic E-state index is 0. The van der Waals surface area contributed by atoms with Crippen LogP contribution in [0.25, 0.3) is 5.69 Å². The molecule has 5 N–H and O–H groups in total. The largest absolute Gasteiger partial charge is 0.354 e. The van der Waals surface area contributed by atoms with Gasteiger partial charge in [0.2, 0.25) is 5.91 Å². The third-order valence-electron chi connectivity index (χ3n) is 7.35. The minimum Gasteiger partial charge on any atom is -0.335 e. The summed E-state index contributed by atoms with van der Waals surface area (Å²) in [5.74, 6) is 0.0316. The smallest absolute Gasteiger partial charge is 0.335 e. The molecule has 2 saturated heterocycles. The highest BCUT2D eigenvalue weighted by atomic mass is 35.5. The second kappa shape index (κ2) is 12.5. The Morgan fingerprint density at radius 1 is 1.03 bits per heavy atom. The van der Waals surface area contributed by atoms with Crippen LogP contribution in [0.15, 0.2) is 41.3 Å². The lowest BCUT2D eigenvalue weighted by atomic mass is 10.0. The number of carbonyl (C=O) groups is 2. The monoisotopic (exact) mass is 560 g/mol. The van der Waals surface area contributed by atoms with Crippen molar-refractivity contribution in [3.63, 3.8) is 0 Å². The molecule has 0 unspecified atom stereocenters. The molecular formula is C27H41ClN8O3. The SMILES string of the molecule is C[C@@H]1CN(C(=O)Nc2ccn(-c3ccc(CN4CCC(N)CC4)cc3)c(=O)n2)[C@@H](C)CN1C(=O)C(C)(C)N.Cl. The van der Waals surface area contributed by atoms with Crippen LogP contribution in [0, 0.1) is 0 Å². The molecule has 0 radical (unpaired) electrons. The zero-order valence-electron chi connectivity index (χ0n) is 23.2. The number of nitrogens with one attached hydrogen (secondary N) is 1. The molecule has 0 spiro atoms. The van der Waals surface area contributed by atoms with Crippen LogP contribution in [0.3, 0.4) is 0 Å². The van der Waals surface area contributed by atoms with Gasteiger partial charge in [0.25, 0.3) is 0 Å². The number of benzene rings is 1. The van der Waals surface area contributed by atoms with Crippen molar-refractivity contribution in [2.75, 3.05) is 31.5 Å². The fourth-order valence-corrected chi connectivity index (χ4v) is 5.04. The Bertz CT molecular complexity index is 1200. The average Bonchev–Trinajstić information content (AvgIpc) is 2.86. The van der Waals surface area contributed by atoms with Crippen LogP contribution in [-0.2, 0) is 11.3 Å². The molecule has 0 saturated carbocycles. The average molecular weight is 561 g/mol. The summed E-state index contributed by atoms with van der Waals surface area (Å²) in [5, 5.41) is 2.73. The van der Waals surface area contributed by atoms with E-state index in [1.54, 1.807) is 35.9 Å². The summed E-state index contributed by atoms with van der Waals surface area (Å²) >= 11 is 0. The number of hydrogen-bond acceptors (Lipinski definition) is 7. The molecule has 3 heterocycles. The van der Waals surface area contributed by atoms with E-state index in [2.05, 4.69) is 15.2 Å². The Labute approximate surface area is 235 Å².